The zero-order valence-electron chi connectivity index (χ0n) is 13.3. The van der Waals surface area contributed by atoms with Crippen molar-refractivity contribution in [2.75, 3.05) is 13.2 Å². The molecule has 25 heavy (non-hydrogen) atoms. The second kappa shape index (κ2) is 8.26. The van der Waals surface area contributed by atoms with Crippen LogP contribution in [0.2, 0.25) is 0 Å². The van der Waals surface area contributed by atoms with E-state index in [1.165, 1.54) is 11.0 Å². The zero-order chi connectivity index (χ0) is 17.3. The molecule has 0 unspecified atom stereocenters. The lowest BCUT2D eigenvalue weighted by atomic mass is 10.3. The van der Waals surface area contributed by atoms with Gasteiger partial charge in [-0.05, 0) is 24.3 Å². The molecule has 1 N–H and O–H groups in total. The maximum atomic E-state index is 12.0. The highest BCUT2D eigenvalue weighted by atomic mass is 16.5. The fourth-order valence-corrected chi connectivity index (χ4v) is 1.93. The minimum Gasteiger partial charge on any atom is -0.479 e. The van der Waals surface area contributed by atoms with Gasteiger partial charge in [-0.2, -0.15) is 9.90 Å². The van der Waals surface area contributed by atoms with Crippen molar-refractivity contribution in [1.82, 2.24) is 25.3 Å². The van der Waals surface area contributed by atoms with Gasteiger partial charge in [0.1, 0.15) is 12.4 Å². The van der Waals surface area contributed by atoms with Crippen molar-refractivity contribution in [3.8, 4) is 23.3 Å². The fourth-order valence-electron chi connectivity index (χ4n) is 1.93. The third kappa shape index (κ3) is 4.65. The van der Waals surface area contributed by atoms with E-state index in [0.717, 1.165) is 5.69 Å². The van der Waals surface area contributed by atoms with E-state index in [4.69, 9.17) is 4.74 Å². The molecule has 0 radical (unpaired) electrons. The van der Waals surface area contributed by atoms with E-state index in [1.54, 1.807) is 24.5 Å². The number of nitrogens with zero attached hydrogens (tertiary/aromatic N) is 4. The summed E-state index contributed by atoms with van der Waals surface area (Å²) >= 11 is 0. The Balaban J connectivity index is 1.46. The molecule has 2 aromatic heterocycles. The first kappa shape index (κ1) is 16.2. The largest absolute Gasteiger partial charge is 0.479 e. The van der Waals surface area contributed by atoms with E-state index in [9.17, 15) is 4.79 Å². The summed E-state index contributed by atoms with van der Waals surface area (Å²) in [5.74, 6) is 5.95. The van der Waals surface area contributed by atoms with Crippen molar-refractivity contribution in [2.24, 2.45) is 0 Å². The minimum atomic E-state index is -0.329. The molecule has 0 atom stereocenters. The Hall–Kier alpha value is -3.66. The van der Waals surface area contributed by atoms with Crippen LogP contribution in [-0.4, -0.2) is 39.0 Å². The number of para-hydroxylation sites is 1. The molecule has 0 aliphatic carbocycles. The van der Waals surface area contributed by atoms with E-state index in [-0.39, 0.29) is 24.8 Å². The summed E-state index contributed by atoms with van der Waals surface area (Å²) in [4.78, 5) is 17.3. The predicted octanol–water partition coefficient (Wildman–Crippen LogP) is 1.47. The number of carbonyl (C=O) groups excluding carboxylic acids is 1. The first-order valence-electron chi connectivity index (χ1n) is 7.57. The number of hydrogen-bond donors (Lipinski definition) is 1. The molecule has 7 nitrogen and oxygen atoms in total. The number of hydrogen-bond acceptors (Lipinski definition) is 5. The van der Waals surface area contributed by atoms with E-state index >= 15 is 0 Å². The van der Waals surface area contributed by atoms with Gasteiger partial charge in [0.15, 0.2) is 5.69 Å². The molecule has 3 aromatic rings. The molecule has 1 amide bonds. The number of ether oxygens (including phenoxy) is 1. The van der Waals surface area contributed by atoms with Crippen LogP contribution in [0.25, 0.3) is 5.69 Å². The van der Waals surface area contributed by atoms with Gasteiger partial charge in [-0.15, -0.1) is 5.10 Å². The Kier molecular flexibility index (Phi) is 5.36. The van der Waals surface area contributed by atoms with Crippen molar-refractivity contribution in [1.29, 1.82) is 0 Å². The van der Waals surface area contributed by atoms with Crippen LogP contribution in [0.1, 0.15) is 10.5 Å². The number of amides is 1. The predicted molar refractivity (Wildman–Crippen MR) is 91.2 cm³/mol. The van der Waals surface area contributed by atoms with Gasteiger partial charge < -0.3 is 10.1 Å². The highest BCUT2D eigenvalue weighted by molar-refractivity contribution is 5.92. The molecule has 0 saturated heterocycles. The second-order valence-electron chi connectivity index (χ2n) is 4.87. The van der Waals surface area contributed by atoms with Crippen molar-refractivity contribution >= 4 is 5.91 Å². The summed E-state index contributed by atoms with van der Waals surface area (Å²) in [6.45, 7) is 0.430. The maximum Gasteiger partial charge on any atom is 0.274 e. The summed E-state index contributed by atoms with van der Waals surface area (Å²) in [6, 6.07) is 12.9. The molecule has 0 spiro atoms. The number of nitrogens with one attached hydrogen (secondary N) is 1. The van der Waals surface area contributed by atoms with Crippen LogP contribution in [0, 0.1) is 11.8 Å². The van der Waals surface area contributed by atoms with E-state index in [1.807, 2.05) is 30.3 Å². The lowest BCUT2D eigenvalue weighted by molar-refractivity contribution is 0.0953. The van der Waals surface area contributed by atoms with E-state index in [0.29, 0.717) is 5.75 Å². The van der Waals surface area contributed by atoms with Crippen molar-refractivity contribution in [2.45, 2.75) is 0 Å². The summed E-state index contributed by atoms with van der Waals surface area (Å²) in [7, 11) is 0. The smallest absolute Gasteiger partial charge is 0.274 e. The first-order valence-corrected chi connectivity index (χ1v) is 7.57. The van der Waals surface area contributed by atoms with Crippen LogP contribution in [0.5, 0.6) is 5.75 Å². The first-order chi connectivity index (χ1) is 12.3. The second-order valence-corrected chi connectivity index (χ2v) is 4.87. The lowest BCUT2D eigenvalue weighted by Gasteiger charge is -1.99. The minimum absolute atomic E-state index is 0.202. The Morgan fingerprint density at radius 1 is 1.12 bits per heavy atom. The molecule has 7 heteroatoms. The van der Waals surface area contributed by atoms with Gasteiger partial charge in [-0.3, -0.25) is 9.78 Å². The number of benzene rings is 1. The van der Waals surface area contributed by atoms with Crippen molar-refractivity contribution in [3.05, 3.63) is 66.7 Å². The van der Waals surface area contributed by atoms with Crippen LogP contribution in [0.3, 0.4) is 0 Å². The van der Waals surface area contributed by atoms with Gasteiger partial charge in [0.2, 0.25) is 0 Å². The monoisotopic (exact) mass is 333 g/mol. The SMILES string of the molecule is O=C(NCC#CCOc1cccnc1)c1cnn(-c2ccccc2)n1. The van der Waals surface area contributed by atoms with Crippen molar-refractivity contribution < 1.29 is 9.53 Å². The number of rotatable bonds is 5. The molecule has 0 fully saturated rings. The maximum absolute atomic E-state index is 12.0. The molecule has 0 aliphatic rings. The van der Waals surface area contributed by atoms with Crippen LogP contribution in [0.4, 0.5) is 0 Å². The van der Waals surface area contributed by atoms with Gasteiger partial charge in [-0.25, -0.2) is 0 Å². The van der Waals surface area contributed by atoms with E-state index < -0.39 is 0 Å². The Bertz CT molecular complexity index is 882. The average molecular weight is 333 g/mol. The standard InChI is InChI=1S/C18H15N5O2/c24-18(17-14-21-23(22-17)15-7-2-1-3-8-15)20-11-4-5-12-25-16-9-6-10-19-13-16/h1-3,6-10,13-14H,11-12H2,(H,20,24). The summed E-state index contributed by atoms with van der Waals surface area (Å²) in [5, 5.41) is 10.9. The van der Waals surface area contributed by atoms with Gasteiger partial charge in [0, 0.05) is 6.20 Å². The van der Waals surface area contributed by atoms with Gasteiger partial charge in [-0.1, -0.05) is 30.0 Å². The van der Waals surface area contributed by atoms with Crippen LogP contribution in [0.15, 0.2) is 61.1 Å². The number of carbonyl (C=O) groups is 1. The lowest BCUT2D eigenvalue weighted by Crippen LogP contribution is -2.24. The van der Waals surface area contributed by atoms with Crippen LogP contribution in [-0.2, 0) is 0 Å². The zero-order valence-corrected chi connectivity index (χ0v) is 13.3. The Morgan fingerprint density at radius 3 is 2.80 bits per heavy atom. The molecular formula is C18H15N5O2. The third-order valence-electron chi connectivity index (χ3n) is 3.12. The van der Waals surface area contributed by atoms with Crippen LogP contribution < -0.4 is 10.1 Å². The highest BCUT2D eigenvalue weighted by Crippen LogP contribution is 2.05. The molecule has 3 rings (SSSR count). The normalized spacial score (nSPS) is 9.76. The summed E-state index contributed by atoms with van der Waals surface area (Å²) in [5.41, 5.74) is 1.02. The van der Waals surface area contributed by atoms with Gasteiger partial charge in [0.25, 0.3) is 5.91 Å². The fraction of sp³-hybridized carbons (Fsp3) is 0.111. The molecule has 0 aliphatic heterocycles. The Labute approximate surface area is 144 Å². The number of pyridine rings is 1. The topological polar surface area (TPSA) is 81.9 Å². The molecular weight excluding hydrogens is 318 g/mol. The molecule has 0 bridgehead atoms. The molecule has 2 heterocycles. The van der Waals surface area contributed by atoms with Crippen LogP contribution >= 0.6 is 0 Å². The number of aromatic nitrogens is 4. The van der Waals surface area contributed by atoms with E-state index in [2.05, 4.69) is 32.3 Å². The van der Waals surface area contributed by atoms with Gasteiger partial charge >= 0.3 is 0 Å². The molecule has 0 saturated carbocycles. The summed E-state index contributed by atoms with van der Waals surface area (Å²) in [6.07, 6.45) is 4.70. The molecule has 1 aromatic carbocycles. The highest BCUT2D eigenvalue weighted by Gasteiger charge is 2.10. The third-order valence-corrected chi connectivity index (χ3v) is 3.12. The molecule has 124 valence electrons. The quantitative estimate of drug-likeness (QED) is 0.715. The average Bonchev–Trinajstić information content (AvgIpc) is 3.16. The Morgan fingerprint density at radius 2 is 2.00 bits per heavy atom. The van der Waals surface area contributed by atoms with Gasteiger partial charge in [0.05, 0.1) is 24.6 Å². The summed E-state index contributed by atoms with van der Waals surface area (Å²) < 4.78 is 5.38. The van der Waals surface area contributed by atoms with Crippen molar-refractivity contribution in [3.63, 3.8) is 0 Å².